The van der Waals surface area contributed by atoms with Crippen molar-refractivity contribution in [2.75, 3.05) is 46.5 Å². The van der Waals surface area contributed by atoms with Gasteiger partial charge in [-0.1, -0.05) is 0 Å². The summed E-state index contributed by atoms with van der Waals surface area (Å²) in [5.41, 5.74) is 1.20. The average molecular weight is 317 g/mol. The molecule has 0 unspecified atom stereocenters. The molecule has 23 heavy (non-hydrogen) atoms. The van der Waals surface area contributed by atoms with Crippen LogP contribution in [-0.4, -0.2) is 72.5 Å². The Bertz CT molecular complexity index is 688. The lowest BCUT2D eigenvalue weighted by Crippen LogP contribution is -2.41. The highest BCUT2D eigenvalue weighted by Gasteiger charge is 2.13. The second-order valence-corrected chi connectivity index (χ2v) is 5.20. The Kier molecular flexibility index (Phi) is 4.94. The lowest BCUT2D eigenvalue weighted by Gasteiger charge is -2.26. The zero-order chi connectivity index (χ0) is 16.1. The molecule has 1 fully saturated rings. The Balaban J connectivity index is 1.61. The summed E-state index contributed by atoms with van der Waals surface area (Å²) < 4.78 is 10.4. The Morgan fingerprint density at radius 3 is 2.91 bits per heavy atom. The Morgan fingerprint density at radius 1 is 1.30 bits per heavy atom. The first-order chi connectivity index (χ1) is 11.3. The molecular formula is C15H19N5O3. The number of fused-ring (bicyclic) bond motifs is 1. The average Bonchev–Trinajstić information content (AvgIpc) is 2.61. The van der Waals surface area contributed by atoms with Gasteiger partial charge in [0.15, 0.2) is 0 Å². The van der Waals surface area contributed by atoms with Crippen molar-refractivity contribution >= 4 is 16.9 Å². The number of benzene rings is 1. The lowest BCUT2D eigenvalue weighted by atomic mass is 10.3. The van der Waals surface area contributed by atoms with Gasteiger partial charge in [0.1, 0.15) is 11.3 Å². The number of carbonyl (C=O) groups excluding carboxylic acids is 1. The molecule has 1 amide bonds. The first kappa shape index (κ1) is 15.6. The van der Waals surface area contributed by atoms with Crippen LogP contribution in [0.4, 0.5) is 0 Å². The van der Waals surface area contributed by atoms with Crippen LogP contribution in [-0.2, 0) is 4.74 Å². The minimum absolute atomic E-state index is 0.0627. The number of nitrogens with zero attached hydrogens (tertiary/aromatic N) is 4. The van der Waals surface area contributed by atoms with E-state index >= 15 is 0 Å². The van der Waals surface area contributed by atoms with Crippen LogP contribution in [0.2, 0.25) is 0 Å². The van der Waals surface area contributed by atoms with Crippen molar-refractivity contribution < 1.29 is 14.3 Å². The topological polar surface area (TPSA) is 89.5 Å². The van der Waals surface area contributed by atoms with Crippen molar-refractivity contribution in [3.05, 3.63) is 24.0 Å². The van der Waals surface area contributed by atoms with Gasteiger partial charge in [0.2, 0.25) is 5.82 Å². The van der Waals surface area contributed by atoms with Crippen LogP contribution in [0.3, 0.4) is 0 Å². The highest BCUT2D eigenvalue weighted by atomic mass is 16.5. The van der Waals surface area contributed by atoms with Gasteiger partial charge in [0.25, 0.3) is 5.91 Å². The second kappa shape index (κ2) is 7.30. The SMILES string of the molecule is COc1ccc2nnc(C(=O)NCCN3CCOCC3)nc2c1. The molecule has 0 atom stereocenters. The molecule has 8 heteroatoms. The van der Waals surface area contributed by atoms with Gasteiger partial charge in [-0.15, -0.1) is 10.2 Å². The van der Waals surface area contributed by atoms with Crippen molar-refractivity contribution in [1.29, 1.82) is 0 Å². The zero-order valence-corrected chi connectivity index (χ0v) is 13.0. The van der Waals surface area contributed by atoms with Crippen molar-refractivity contribution in [1.82, 2.24) is 25.4 Å². The van der Waals surface area contributed by atoms with E-state index in [4.69, 9.17) is 9.47 Å². The van der Waals surface area contributed by atoms with E-state index in [1.165, 1.54) is 0 Å². The number of hydrogen-bond donors (Lipinski definition) is 1. The number of ether oxygens (including phenoxy) is 2. The summed E-state index contributed by atoms with van der Waals surface area (Å²) in [5.74, 6) is 0.403. The van der Waals surface area contributed by atoms with E-state index in [2.05, 4.69) is 25.4 Å². The molecule has 0 radical (unpaired) electrons. The fourth-order valence-electron chi connectivity index (χ4n) is 2.37. The van der Waals surface area contributed by atoms with Crippen LogP contribution in [0.15, 0.2) is 18.2 Å². The van der Waals surface area contributed by atoms with E-state index in [1.807, 2.05) is 0 Å². The third-order valence-electron chi connectivity index (χ3n) is 3.68. The fourth-order valence-corrected chi connectivity index (χ4v) is 2.37. The van der Waals surface area contributed by atoms with Crippen molar-refractivity contribution in [3.63, 3.8) is 0 Å². The normalized spacial score (nSPS) is 15.5. The minimum Gasteiger partial charge on any atom is -0.497 e. The number of morpholine rings is 1. The predicted molar refractivity (Wildman–Crippen MR) is 83.5 cm³/mol. The van der Waals surface area contributed by atoms with Gasteiger partial charge in [-0.3, -0.25) is 9.69 Å². The van der Waals surface area contributed by atoms with Gasteiger partial charge in [-0.25, -0.2) is 4.98 Å². The second-order valence-electron chi connectivity index (χ2n) is 5.20. The van der Waals surface area contributed by atoms with E-state index in [1.54, 1.807) is 25.3 Å². The molecular weight excluding hydrogens is 298 g/mol. The van der Waals surface area contributed by atoms with Crippen LogP contribution < -0.4 is 10.1 Å². The van der Waals surface area contributed by atoms with E-state index in [0.29, 0.717) is 23.3 Å². The van der Waals surface area contributed by atoms with Crippen LogP contribution in [0.5, 0.6) is 5.75 Å². The third kappa shape index (κ3) is 3.91. The first-order valence-corrected chi connectivity index (χ1v) is 7.53. The van der Waals surface area contributed by atoms with Gasteiger partial charge < -0.3 is 14.8 Å². The smallest absolute Gasteiger partial charge is 0.291 e. The monoisotopic (exact) mass is 317 g/mol. The molecule has 122 valence electrons. The fraction of sp³-hybridized carbons (Fsp3) is 0.467. The summed E-state index contributed by atoms with van der Waals surface area (Å²) in [6, 6.07) is 5.27. The molecule has 3 rings (SSSR count). The van der Waals surface area contributed by atoms with E-state index < -0.39 is 0 Å². The molecule has 1 N–H and O–H groups in total. The van der Waals surface area contributed by atoms with Crippen LogP contribution in [0.25, 0.3) is 11.0 Å². The summed E-state index contributed by atoms with van der Waals surface area (Å²) >= 11 is 0. The van der Waals surface area contributed by atoms with Gasteiger partial charge in [0, 0.05) is 32.2 Å². The number of aromatic nitrogens is 3. The minimum atomic E-state index is -0.324. The summed E-state index contributed by atoms with van der Waals surface area (Å²) in [4.78, 5) is 18.6. The summed E-state index contributed by atoms with van der Waals surface area (Å²) in [5, 5.41) is 10.7. The standard InChI is InChI=1S/C15H19N5O3/c1-22-11-2-3-12-13(10-11)17-14(19-18-12)15(21)16-4-5-20-6-8-23-9-7-20/h2-3,10H,4-9H2,1H3,(H,16,21). The number of rotatable bonds is 5. The molecule has 1 aromatic heterocycles. The molecule has 1 aliphatic rings. The molecule has 8 nitrogen and oxygen atoms in total. The third-order valence-corrected chi connectivity index (χ3v) is 3.68. The van der Waals surface area contributed by atoms with Gasteiger partial charge in [-0.05, 0) is 12.1 Å². The molecule has 2 heterocycles. The predicted octanol–water partition coefficient (Wildman–Crippen LogP) is 0.0954. The van der Waals surface area contributed by atoms with E-state index in [9.17, 15) is 4.79 Å². The van der Waals surface area contributed by atoms with Gasteiger partial charge in [-0.2, -0.15) is 0 Å². The Hall–Kier alpha value is -2.32. The summed E-state index contributed by atoms with van der Waals surface area (Å²) in [6.07, 6.45) is 0. The largest absolute Gasteiger partial charge is 0.497 e. The molecule has 2 aromatic rings. The van der Waals surface area contributed by atoms with Gasteiger partial charge in [0.05, 0.1) is 25.8 Å². The maximum Gasteiger partial charge on any atom is 0.291 e. The number of methoxy groups -OCH3 is 1. The van der Waals surface area contributed by atoms with E-state index in [-0.39, 0.29) is 11.7 Å². The number of amides is 1. The van der Waals surface area contributed by atoms with Crippen LogP contribution >= 0.6 is 0 Å². The molecule has 0 saturated carbocycles. The van der Waals surface area contributed by atoms with Gasteiger partial charge >= 0.3 is 0 Å². The van der Waals surface area contributed by atoms with Crippen molar-refractivity contribution in [2.45, 2.75) is 0 Å². The molecule has 1 saturated heterocycles. The first-order valence-electron chi connectivity index (χ1n) is 7.53. The molecule has 1 aliphatic heterocycles. The quantitative estimate of drug-likeness (QED) is 0.836. The highest BCUT2D eigenvalue weighted by Crippen LogP contribution is 2.16. The molecule has 0 aliphatic carbocycles. The van der Waals surface area contributed by atoms with Crippen molar-refractivity contribution in [3.8, 4) is 5.75 Å². The number of nitrogens with one attached hydrogen (secondary N) is 1. The number of hydrogen-bond acceptors (Lipinski definition) is 7. The number of carbonyl (C=O) groups is 1. The van der Waals surface area contributed by atoms with Crippen molar-refractivity contribution in [2.24, 2.45) is 0 Å². The molecule has 0 bridgehead atoms. The van der Waals surface area contributed by atoms with Crippen LogP contribution in [0.1, 0.15) is 10.6 Å². The maximum atomic E-state index is 12.1. The lowest BCUT2D eigenvalue weighted by molar-refractivity contribution is 0.0383. The van der Waals surface area contributed by atoms with Crippen LogP contribution in [0, 0.1) is 0 Å². The summed E-state index contributed by atoms with van der Waals surface area (Å²) in [7, 11) is 1.58. The highest BCUT2D eigenvalue weighted by molar-refractivity contribution is 5.91. The molecule has 0 spiro atoms. The molecule has 1 aromatic carbocycles. The summed E-state index contributed by atoms with van der Waals surface area (Å²) in [6.45, 7) is 4.59. The Morgan fingerprint density at radius 2 is 2.13 bits per heavy atom. The zero-order valence-electron chi connectivity index (χ0n) is 13.0. The maximum absolute atomic E-state index is 12.1. The van der Waals surface area contributed by atoms with E-state index in [0.717, 1.165) is 32.8 Å². The Labute approximate surface area is 133 Å².